The Morgan fingerprint density at radius 1 is 0.946 bits per heavy atom. The van der Waals surface area contributed by atoms with Gasteiger partial charge < -0.3 is 15.2 Å². The number of esters is 1. The number of fused-ring (bicyclic) bond motifs is 1. The number of ether oxygens (including phenoxy) is 1. The number of carboxylic acid groups (broad SMARTS) is 1. The van der Waals surface area contributed by atoms with E-state index in [0.29, 0.717) is 17.2 Å². The molecule has 0 aliphatic heterocycles. The zero-order chi connectivity index (χ0) is 26.0. The minimum Gasteiger partial charge on any atom is -0.481 e. The fraction of sp³-hybridized carbons (Fsp3) is 0.300. The molecular formula is C30H28ClNO5. The molecule has 1 fully saturated rings. The van der Waals surface area contributed by atoms with Gasteiger partial charge in [0.15, 0.2) is 0 Å². The van der Waals surface area contributed by atoms with Gasteiger partial charge in [-0.2, -0.15) is 0 Å². The second kappa shape index (κ2) is 10.4. The van der Waals surface area contributed by atoms with Crippen LogP contribution >= 0.6 is 11.6 Å². The van der Waals surface area contributed by atoms with Gasteiger partial charge >= 0.3 is 11.9 Å². The molecule has 5 rings (SSSR count). The molecular weight excluding hydrogens is 490 g/mol. The van der Waals surface area contributed by atoms with Crippen LogP contribution in [0.25, 0.3) is 11.1 Å². The smallest absolute Gasteiger partial charge is 0.311 e. The molecule has 0 heterocycles. The van der Waals surface area contributed by atoms with E-state index in [9.17, 15) is 19.5 Å². The van der Waals surface area contributed by atoms with Crippen LogP contribution in [0.3, 0.4) is 0 Å². The molecule has 1 amide bonds. The number of aryl methyl sites for hydroxylation is 2. The van der Waals surface area contributed by atoms with Crippen LogP contribution in [0.4, 0.5) is 0 Å². The lowest BCUT2D eigenvalue weighted by Crippen LogP contribution is -2.40. The summed E-state index contributed by atoms with van der Waals surface area (Å²) in [4.78, 5) is 36.6. The van der Waals surface area contributed by atoms with Crippen molar-refractivity contribution in [2.45, 2.75) is 56.4 Å². The monoisotopic (exact) mass is 517 g/mol. The van der Waals surface area contributed by atoms with Crippen LogP contribution in [0.5, 0.6) is 5.75 Å². The summed E-state index contributed by atoms with van der Waals surface area (Å²) in [5, 5.41) is 13.1. The molecule has 7 heteroatoms. The summed E-state index contributed by atoms with van der Waals surface area (Å²) in [6, 6.07) is 21.1. The largest absolute Gasteiger partial charge is 0.481 e. The first kappa shape index (κ1) is 25.0. The maximum atomic E-state index is 12.7. The molecule has 0 radical (unpaired) electrons. The maximum absolute atomic E-state index is 12.7. The third kappa shape index (κ3) is 5.86. The molecule has 0 saturated heterocycles. The first-order valence-corrected chi connectivity index (χ1v) is 12.9. The topological polar surface area (TPSA) is 92.7 Å². The Morgan fingerprint density at radius 2 is 1.73 bits per heavy atom. The third-order valence-corrected chi connectivity index (χ3v) is 7.49. The third-order valence-electron chi connectivity index (χ3n) is 7.26. The molecule has 1 saturated carbocycles. The molecule has 0 spiro atoms. The van der Waals surface area contributed by atoms with Crippen molar-refractivity contribution in [2.75, 3.05) is 0 Å². The molecule has 37 heavy (non-hydrogen) atoms. The Labute approximate surface area is 220 Å². The molecule has 0 aromatic heterocycles. The number of benzene rings is 3. The van der Waals surface area contributed by atoms with Gasteiger partial charge in [0.2, 0.25) is 5.91 Å². The maximum Gasteiger partial charge on any atom is 0.311 e. The highest BCUT2D eigenvalue weighted by molar-refractivity contribution is 6.30. The Kier molecular flexibility index (Phi) is 7.02. The van der Waals surface area contributed by atoms with Crippen molar-refractivity contribution < 1.29 is 24.2 Å². The van der Waals surface area contributed by atoms with Crippen molar-refractivity contribution in [3.63, 3.8) is 0 Å². The van der Waals surface area contributed by atoms with Crippen molar-refractivity contribution >= 4 is 29.4 Å². The van der Waals surface area contributed by atoms with Crippen LogP contribution in [0.15, 0.2) is 66.7 Å². The highest BCUT2D eigenvalue weighted by Gasteiger charge is 2.57. The van der Waals surface area contributed by atoms with Crippen LogP contribution in [0.1, 0.15) is 54.7 Å². The number of aliphatic carboxylic acids is 1. The molecule has 190 valence electrons. The zero-order valence-electron chi connectivity index (χ0n) is 20.3. The molecule has 6 nitrogen and oxygen atoms in total. The van der Waals surface area contributed by atoms with E-state index in [1.807, 2.05) is 60.7 Å². The van der Waals surface area contributed by atoms with Gasteiger partial charge in [0.1, 0.15) is 5.75 Å². The average molecular weight is 518 g/mol. The van der Waals surface area contributed by atoms with Crippen LogP contribution in [0.2, 0.25) is 5.02 Å². The Balaban J connectivity index is 1.18. The lowest BCUT2D eigenvalue weighted by molar-refractivity contribution is -0.139. The minimum atomic E-state index is -0.977. The predicted octanol–water partition coefficient (Wildman–Crippen LogP) is 5.70. The number of carbonyl (C=O) groups is 3. The van der Waals surface area contributed by atoms with E-state index < -0.39 is 17.5 Å². The Bertz CT molecular complexity index is 1350. The quantitative estimate of drug-likeness (QED) is 0.280. The highest BCUT2D eigenvalue weighted by Crippen LogP contribution is 2.54. The van der Waals surface area contributed by atoms with E-state index in [4.69, 9.17) is 16.3 Å². The number of rotatable bonds is 9. The van der Waals surface area contributed by atoms with E-state index in [2.05, 4.69) is 5.32 Å². The molecule has 3 aromatic rings. The van der Waals surface area contributed by atoms with E-state index in [1.165, 1.54) is 11.1 Å². The molecule has 2 N–H and O–H groups in total. The summed E-state index contributed by atoms with van der Waals surface area (Å²) in [6.45, 7) is 0. The summed E-state index contributed by atoms with van der Waals surface area (Å²) in [5.74, 6) is -1.43. The lowest BCUT2D eigenvalue weighted by Gasteiger charge is -2.18. The van der Waals surface area contributed by atoms with Gasteiger partial charge in [0.25, 0.3) is 0 Å². The molecule has 1 unspecified atom stereocenters. The van der Waals surface area contributed by atoms with Gasteiger partial charge in [-0.25, -0.2) is 0 Å². The lowest BCUT2D eigenvalue weighted by atomic mass is 9.99. The van der Waals surface area contributed by atoms with Gasteiger partial charge in [0.05, 0.1) is 18.4 Å². The SMILES string of the molecule is O=C(O)CC1(NC(=O)CCC(=O)Oc2ccc3c(c2)CCC3)C[C@H]1c1ccc(-c2cccc(Cl)c2)cc1. The Morgan fingerprint density at radius 3 is 2.49 bits per heavy atom. The number of halogens is 1. The van der Waals surface area contributed by atoms with Crippen LogP contribution < -0.4 is 10.1 Å². The molecule has 0 bridgehead atoms. The van der Waals surface area contributed by atoms with Crippen LogP contribution in [0, 0.1) is 0 Å². The zero-order valence-corrected chi connectivity index (χ0v) is 21.1. The minimum absolute atomic E-state index is 0.0639. The van der Waals surface area contributed by atoms with Crippen LogP contribution in [-0.4, -0.2) is 28.5 Å². The van der Waals surface area contributed by atoms with E-state index in [1.54, 1.807) is 6.07 Å². The van der Waals surface area contributed by atoms with E-state index in [-0.39, 0.29) is 31.1 Å². The summed E-state index contributed by atoms with van der Waals surface area (Å²) in [6.07, 6.45) is 3.35. The number of nitrogens with one attached hydrogen (secondary N) is 1. The van der Waals surface area contributed by atoms with Gasteiger partial charge in [-0.05, 0) is 77.8 Å². The van der Waals surface area contributed by atoms with Crippen molar-refractivity contribution in [3.05, 3.63) is 88.4 Å². The van der Waals surface area contributed by atoms with Crippen molar-refractivity contribution in [1.82, 2.24) is 5.32 Å². The van der Waals surface area contributed by atoms with Crippen molar-refractivity contribution in [3.8, 4) is 16.9 Å². The standard InChI is InChI=1S/C30H28ClNO5/c31-24-6-2-5-22(15-24)20-7-9-21(10-8-20)26-17-30(26,18-28(34)35)32-27(33)13-14-29(36)37-25-12-11-19-3-1-4-23(19)16-25/h2,5-12,15-16,26H,1,3-4,13-14,17-18H2,(H,32,33)(H,34,35)/t26-,30?/m0/s1. The number of hydrogen-bond acceptors (Lipinski definition) is 4. The fourth-order valence-electron chi connectivity index (χ4n) is 5.32. The number of amides is 1. The molecule has 2 aliphatic carbocycles. The van der Waals surface area contributed by atoms with Gasteiger partial charge in [0, 0.05) is 17.4 Å². The molecule has 3 aromatic carbocycles. The highest BCUT2D eigenvalue weighted by atomic mass is 35.5. The van der Waals surface area contributed by atoms with Crippen molar-refractivity contribution in [2.24, 2.45) is 0 Å². The summed E-state index contributed by atoms with van der Waals surface area (Å²) in [7, 11) is 0. The van der Waals surface area contributed by atoms with E-state index >= 15 is 0 Å². The number of carboxylic acids is 1. The first-order valence-electron chi connectivity index (χ1n) is 12.5. The average Bonchev–Trinajstić information content (AvgIpc) is 3.33. The van der Waals surface area contributed by atoms with Gasteiger partial charge in [-0.1, -0.05) is 54.1 Å². The first-order chi connectivity index (χ1) is 17.8. The normalized spacial score (nSPS) is 19.6. The molecule has 2 aliphatic rings. The Hall–Kier alpha value is -3.64. The van der Waals surface area contributed by atoms with Crippen molar-refractivity contribution in [1.29, 1.82) is 0 Å². The predicted molar refractivity (Wildman–Crippen MR) is 141 cm³/mol. The summed E-state index contributed by atoms with van der Waals surface area (Å²) >= 11 is 6.10. The van der Waals surface area contributed by atoms with Gasteiger partial charge in [-0.15, -0.1) is 0 Å². The fourth-order valence-corrected chi connectivity index (χ4v) is 5.51. The number of carbonyl (C=O) groups excluding carboxylic acids is 2. The second-order valence-corrected chi connectivity index (χ2v) is 10.4. The summed E-state index contributed by atoms with van der Waals surface area (Å²) in [5.41, 5.74) is 4.60. The second-order valence-electron chi connectivity index (χ2n) is 9.92. The van der Waals surface area contributed by atoms with Gasteiger partial charge in [-0.3, -0.25) is 14.4 Å². The molecule has 2 atom stereocenters. The number of hydrogen-bond donors (Lipinski definition) is 2. The summed E-state index contributed by atoms with van der Waals surface area (Å²) < 4.78 is 5.42. The van der Waals surface area contributed by atoms with E-state index in [0.717, 1.165) is 36.0 Å². The van der Waals surface area contributed by atoms with Crippen LogP contribution in [-0.2, 0) is 27.2 Å².